The van der Waals surface area contributed by atoms with E-state index in [0.717, 1.165) is 22.2 Å². The van der Waals surface area contributed by atoms with Gasteiger partial charge in [0.1, 0.15) is 0 Å². The Balaban J connectivity index is 2.12. The molecular formula is C13H16N2OS. The first-order valence-electron chi connectivity index (χ1n) is 5.53. The number of aliphatic hydroxyl groups is 1. The van der Waals surface area contributed by atoms with Crippen LogP contribution in [0.2, 0.25) is 0 Å². The third-order valence-corrected chi connectivity index (χ3v) is 3.87. The molecule has 0 atom stereocenters. The van der Waals surface area contributed by atoms with Crippen molar-refractivity contribution in [3.05, 3.63) is 46.5 Å². The van der Waals surface area contributed by atoms with Crippen molar-refractivity contribution >= 4 is 16.5 Å². The van der Waals surface area contributed by atoms with Gasteiger partial charge in [-0.2, -0.15) is 0 Å². The van der Waals surface area contributed by atoms with Crippen molar-refractivity contribution in [3.63, 3.8) is 0 Å². The summed E-state index contributed by atoms with van der Waals surface area (Å²) in [6, 6.07) is 10.3. The van der Waals surface area contributed by atoms with Crippen molar-refractivity contribution < 1.29 is 5.11 Å². The largest absolute Gasteiger partial charge is 0.391 e. The molecule has 0 fully saturated rings. The smallest absolute Gasteiger partial charge is 0.185 e. The Kier molecular flexibility index (Phi) is 3.76. The minimum Gasteiger partial charge on any atom is -0.391 e. The van der Waals surface area contributed by atoms with Crippen LogP contribution in [-0.4, -0.2) is 17.1 Å². The number of hydrogen-bond donors (Lipinski definition) is 1. The molecule has 2 rings (SSSR count). The molecule has 0 unspecified atom stereocenters. The highest BCUT2D eigenvalue weighted by Crippen LogP contribution is 2.26. The van der Waals surface area contributed by atoms with Crippen molar-refractivity contribution in [1.29, 1.82) is 0 Å². The molecule has 90 valence electrons. The molecule has 0 aliphatic rings. The molecule has 0 spiro atoms. The molecule has 1 aromatic carbocycles. The SMILES string of the molecule is Cc1nc(N(C)Cc2ccccc2)sc1CO. The second kappa shape index (κ2) is 5.29. The van der Waals surface area contributed by atoms with E-state index in [-0.39, 0.29) is 6.61 Å². The molecule has 0 amide bonds. The number of anilines is 1. The lowest BCUT2D eigenvalue weighted by Gasteiger charge is -2.15. The fourth-order valence-electron chi connectivity index (χ4n) is 1.65. The van der Waals surface area contributed by atoms with Crippen LogP contribution in [0.4, 0.5) is 5.13 Å². The summed E-state index contributed by atoms with van der Waals surface area (Å²) in [7, 11) is 2.02. The van der Waals surface area contributed by atoms with Gasteiger partial charge in [-0.05, 0) is 12.5 Å². The van der Waals surface area contributed by atoms with Crippen LogP contribution < -0.4 is 4.90 Å². The molecular weight excluding hydrogens is 232 g/mol. The third-order valence-electron chi connectivity index (χ3n) is 2.61. The monoisotopic (exact) mass is 248 g/mol. The van der Waals surface area contributed by atoms with Gasteiger partial charge in [-0.3, -0.25) is 0 Å². The van der Waals surface area contributed by atoms with E-state index < -0.39 is 0 Å². The van der Waals surface area contributed by atoms with Crippen LogP contribution in [-0.2, 0) is 13.2 Å². The highest BCUT2D eigenvalue weighted by atomic mass is 32.1. The molecule has 0 saturated heterocycles. The van der Waals surface area contributed by atoms with Crippen molar-refractivity contribution in [1.82, 2.24) is 4.98 Å². The summed E-state index contributed by atoms with van der Waals surface area (Å²) in [5, 5.41) is 10.1. The minimum atomic E-state index is 0.0721. The van der Waals surface area contributed by atoms with Crippen LogP contribution >= 0.6 is 11.3 Å². The summed E-state index contributed by atoms with van der Waals surface area (Å²) >= 11 is 1.55. The van der Waals surface area contributed by atoms with Crippen LogP contribution in [0.3, 0.4) is 0 Å². The number of nitrogens with zero attached hydrogens (tertiary/aromatic N) is 2. The lowest BCUT2D eigenvalue weighted by molar-refractivity contribution is 0.284. The van der Waals surface area contributed by atoms with Crippen LogP contribution in [0.5, 0.6) is 0 Å². The van der Waals surface area contributed by atoms with Gasteiger partial charge < -0.3 is 10.0 Å². The maximum absolute atomic E-state index is 9.16. The number of aliphatic hydroxyl groups excluding tert-OH is 1. The average molecular weight is 248 g/mol. The molecule has 0 saturated carbocycles. The molecule has 3 nitrogen and oxygen atoms in total. The predicted octanol–water partition coefficient (Wildman–Crippen LogP) is 2.58. The summed E-state index contributed by atoms with van der Waals surface area (Å²) in [5.41, 5.74) is 2.18. The first kappa shape index (κ1) is 12.1. The Bertz CT molecular complexity index is 481. The molecule has 0 aliphatic heterocycles. The number of aromatic nitrogens is 1. The van der Waals surface area contributed by atoms with Gasteiger partial charge in [-0.15, -0.1) is 0 Å². The average Bonchev–Trinajstić information content (AvgIpc) is 2.72. The van der Waals surface area contributed by atoms with E-state index in [1.165, 1.54) is 5.56 Å². The van der Waals surface area contributed by atoms with Crippen molar-refractivity contribution in [3.8, 4) is 0 Å². The van der Waals surface area contributed by atoms with Gasteiger partial charge >= 0.3 is 0 Å². The fourth-order valence-corrected chi connectivity index (χ4v) is 2.53. The number of thiazole rings is 1. The van der Waals surface area contributed by atoms with Gasteiger partial charge in [0.2, 0.25) is 0 Å². The van der Waals surface area contributed by atoms with E-state index in [1.54, 1.807) is 11.3 Å². The lowest BCUT2D eigenvalue weighted by Crippen LogP contribution is -2.15. The molecule has 4 heteroatoms. The summed E-state index contributed by atoms with van der Waals surface area (Å²) in [4.78, 5) is 7.51. The summed E-state index contributed by atoms with van der Waals surface area (Å²) in [6.45, 7) is 2.84. The lowest BCUT2D eigenvalue weighted by atomic mass is 10.2. The van der Waals surface area contributed by atoms with Gasteiger partial charge in [0.25, 0.3) is 0 Å². The fraction of sp³-hybridized carbons (Fsp3) is 0.308. The summed E-state index contributed by atoms with van der Waals surface area (Å²) in [5.74, 6) is 0. The van der Waals surface area contributed by atoms with E-state index in [0.29, 0.717) is 0 Å². The van der Waals surface area contributed by atoms with Crippen LogP contribution in [0, 0.1) is 6.92 Å². The second-order valence-corrected chi connectivity index (χ2v) is 5.07. The molecule has 1 aromatic heterocycles. The Morgan fingerprint density at radius 1 is 1.29 bits per heavy atom. The molecule has 1 heterocycles. The summed E-state index contributed by atoms with van der Waals surface area (Å²) in [6.07, 6.45) is 0. The molecule has 17 heavy (non-hydrogen) atoms. The Morgan fingerprint density at radius 3 is 2.59 bits per heavy atom. The third kappa shape index (κ3) is 2.84. The highest BCUT2D eigenvalue weighted by molar-refractivity contribution is 7.15. The number of aryl methyl sites for hydroxylation is 1. The zero-order valence-electron chi connectivity index (χ0n) is 10.1. The van der Waals surface area contributed by atoms with Gasteiger partial charge in [0.15, 0.2) is 5.13 Å². The van der Waals surface area contributed by atoms with E-state index in [1.807, 2.05) is 32.2 Å². The van der Waals surface area contributed by atoms with E-state index in [4.69, 9.17) is 5.11 Å². The zero-order chi connectivity index (χ0) is 12.3. The Labute approximate surface area is 105 Å². The molecule has 0 radical (unpaired) electrons. The molecule has 0 aliphatic carbocycles. The van der Waals surface area contributed by atoms with E-state index in [2.05, 4.69) is 22.0 Å². The highest BCUT2D eigenvalue weighted by Gasteiger charge is 2.10. The topological polar surface area (TPSA) is 36.4 Å². The van der Waals surface area contributed by atoms with E-state index in [9.17, 15) is 0 Å². The van der Waals surface area contributed by atoms with Gasteiger partial charge in [0.05, 0.1) is 17.2 Å². The first-order valence-corrected chi connectivity index (χ1v) is 6.34. The zero-order valence-corrected chi connectivity index (χ0v) is 10.9. The van der Waals surface area contributed by atoms with Gasteiger partial charge in [-0.25, -0.2) is 4.98 Å². The maximum atomic E-state index is 9.16. The molecule has 1 N–H and O–H groups in total. The molecule has 0 bridgehead atoms. The quantitative estimate of drug-likeness (QED) is 0.903. The minimum absolute atomic E-state index is 0.0721. The van der Waals surface area contributed by atoms with Crippen LogP contribution in [0.1, 0.15) is 16.1 Å². The number of hydrogen-bond acceptors (Lipinski definition) is 4. The Morgan fingerprint density at radius 2 is 2.00 bits per heavy atom. The normalized spacial score (nSPS) is 10.5. The number of rotatable bonds is 4. The standard InChI is InChI=1S/C13H16N2OS/c1-10-12(9-16)17-13(14-10)15(2)8-11-6-4-3-5-7-11/h3-7,16H,8-9H2,1-2H3. The van der Waals surface area contributed by atoms with Crippen LogP contribution in [0.25, 0.3) is 0 Å². The van der Waals surface area contributed by atoms with Crippen molar-refractivity contribution in [2.75, 3.05) is 11.9 Å². The van der Waals surface area contributed by atoms with Gasteiger partial charge in [-0.1, -0.05) is 41.7 Å². The van der Waals surface area contributed by atoms with Crippen LogP contribution in [0.15, 0.2) is 30.3 Å². The van der Waals surface area contributed by atoms with Crippen molar-refractivity contribution in [2.24, 2.45) is 0 Å². The summed E-state index contributed by atoms with van der Waals surface area (Å²) < 4.78 is 0. The first-order chi connectivity index (χ1) is 8.20. The maximum Gasteiger partial charge on any atom is 0.185 e. The predicted molar refractivity (Wildman–Crippen MR) is 71.3 cm³/mol. The Hall–Kier alpha value is -1.39. The van der Waals surface area contributed by atoms with E-state index >= 15 is 0 Å². The second-order valence-electron chi connectivity index (χ2n) is 4.00. The molecule has 2 aromatic rings. The van der Waals surface area contributed by atoms with Gasteiger partial charge in [0, 0.05) is 13.6 Å². The van der Waals surface area contributed by atoms with Crippen molar-refractivity contribution in [2.45, 2.75) is 20.1 Å². The number of benzene rings is 1.